The Balaban J connectivity index is 3.36. The molecular weight excluding hydrogens is 277 g/mol. The van der Waals surface area contributed by atoms with E-state index in [4.69, 9.17) is 11.0 Å². The molecule has 20 heavy (non-hydrogen) atoms. The van der Waals surface area contributed by atoms with Gasteiger partial charge in [0.2, 0.25) is 0 Å². The van der Waals surface area contributed by atoms with E-state index in [1.54, 1.807) is 6.07 Å². The molecule has 0 aliphatic rings. The van der Waals surface area contributed by atoms with E-state index < -0.39 is 24.5 Å². The van der Waals surface area contributed by atoms with Gasteiger partial charge in [-0.2, -0.15) is 5.26 Å². The number of ether oxygens (including phenoxy) is 2. The van der Waals surface area contributed by atoms with Crippen molar-refractivity contribution >= 4 is 5.97 Å². The Kier molecular flexibility index (Phi) is 4.94. The molecule has 1 rings (SSSR count). The number of halogens is 3. The fourth-order valence-electron chi connectivity index (χ4n) is 1.56. The van der Waals surface area contributed by atoms with Gasteiger partial charge in [0.15, 0.2) is 5.75 Å². The normalized spacial score (nSPS) is 10.8. The minimum atomic E-state index is -4.98. The van der Waals surface area contributed by atoms with E-state index in [2.05, 4.69) is 9.47 Å². The van der Waals surface area contributed by atoms with Crippen molar-refractivity contribution in [1.29, 1.82) is 5.26 Å². The van der Waals surface area contributed by atoms with Crippen LogP contribution in [0, 0.1) is 11.3 Å². The number of carbonyl (C=O) groups is 1. The van der Waals surface area contributed by atoms with E-state index in [-0.39, 0.29) is 23.2 Å². The third kappa shape index (κ3) is 3.86. The Hall–Kier alpha value is -2.27. The number of esters is 1. The first-order valence-electron chi connectivity index (χ1n) is 5.39. The van der Waals surface area contributed by atoms with Crippen LogP contribution in [-0.4, -0.2) is 19.4 Å². The molecule has 1 aromatic carbocycles. The minimum absolute atomic E-state index is 0.0945. The largest absolute Gasteiger partial charge is 0.573 e. The molecule has 0 bridgehead atoms. The van der Waals surface area contributed by atoms with Gasteiger partial charge < -0.3 is 15.2 Å². The van der Waals surface area contributed by atoms with Crippen LogP contribution in [0.15, 0.2) is 12.1 Å². The van der Waals surface area contributed by atoms with Crippen LogP contribution in [0.3, 0.4) is 0 Å². The van der Waals surface area contributed by atoms with Gasteiger partial charge in [-0.3, -0.25) is 4.79 Å². The molecule has 0 aromatic heterocycles. The summed E-state index contributed by atoms with van der Waals surface area (Å²) in [6.07, 6.45) is -5.43. The monoisotopic (exact) mass is 288 g/mol. The maximum atomic E-state index is 12.4. The molecule has 0 unspecified atom stereocenters. The van der Waals surface area contributed by atoms with Crippen molar-refractivity contribution in [3.05, 3.63) is 28.8 Å². The third-order valence-electron chi connectivity index (χ3n) is 2.44. The zero-order valence-electron chi connectivity index (χ0n) is 10.5. The SMILES string of the molecule is COC(=O)Cc1ccc(CN)c(C#N)c1OC(F)(F)F. The van der Waals surface area contributed by atoms with Crippen LogP contribution in [0.1, 0.15) is 16.7 Å². The lowest BCUT2D eigenvalue weighted by Gasteiger charge is -2.16. The summed E-state index contributed by atoms with van der Waals surface area (Å²) < 4.78 is 45.5. The number of benzene rings is 1. The lowest BCUT2D eigenvalue weighted by Crippen LogP contribution is -2.20. The van der Waals surface area contributed by atoms with Crippen LogP contribution >= 0.6 is 0 Å². The Labute approximate surface area is 112 Å². The van der Waals surface area contributed by atoms with Crippen LogP contribution in [0.5, 0.6) is 5.75 Å². The first kappa shape index (κ1) is 15.8. The Morgan fingerprint density at radius 2 is 2.00 bits per heavy atom. The van der Waals surface area contributed by atoms with Gasteiger partial charge in [-0.15, -0.1) is 13.2 Å². The summed E-state index contributed by atoms with van der Waals surface area (Å²) in [4.78, 5) is 11.2. The lowest BCUT2D eigenvalue weighted by atomic mass is 10.0. The molecule has 0 saturated carbocycles. The van der Waals surface area contributed by atoms with Crippen LogP contribution in [0.4, 0.5) is 13.2 Å². The second-order valence-electron chi connectivity index (χ2n) is 3.70. The topological polar surface area (TPSA) is 85.3 Å². The molecule has 0 radical (unpaired) electrons. The fourth-order valence-corrected chi connectivity index (χ4v) is 1.56. The molecule has 8 heteroatoms. The van der Waals surface area contributed by atoms with Crippen molar-refractivity contribution in [2.45, 2.75) is 19.3 Å². The van der Waals surface area contributed by atoms with Gasteiger partial charge in [0, 0.05) is 12.1 Å². The lowest BCUT2D eigenvalue weighted by molar-refractivity contribution is -0.275. The average molecular weight is 288 g/mol. The Bertz CT molecular complexity index is 550. The zero-order valence-corrected chi connectivity index (χ0v) is 10.5. The van der Waals surface area contributed by atoms with Crippen molar-refractivity contribution < 1.29 is 27.4 Å². The van der Waals surface area contributed by atoms with E-state index in [0.717, 1.165) is 7.11 Å². The number of nitriles is 1. The number of nitrogens with two attached hydrogens (primary N) is 1. The van der Waals surface area contributed by atoms with Crippen molar-refractivity contribution in [1.82, 2.24) is 0 Å². The van der Waals surface area contributed by atoms with E-state index in [1.165, 1.54) is 12.1 Å². The molecule has 5 nitrogen and oxygen atoms in total. The highest BCUT2D eigenvalue weighted by molar-refractivity contribution is 5.74. The zero-order chi connectivity index (χ0) is 15.3. The van der Waals surface area contributed by atoms with E-state index >= 15 is 0 Å². The predicted molar refractivity (Wildman–Crippen MR) is 61.5 cm³/mol. The smallest absolute Gasteiger partial charge is 0.469 e. The first-order chi connectivity index (χ1) is 9.32. The van der Waals surface area contributed by atoms with Gasteiger partial charge in [0.1, 0.15) is 6.07 Å². The molecule has 2 N–H and O–H groups in total. The number of carbonyl (C=O) groups excluding carboxylic acids is 1. The molecule has 1 aromatic rings. The first-order valence-corrected chi connectivity index (χ1v) is 5.39. The van der Waals surface area contributed by atoms with Crippen LogP contribution < -0.4 is 10.5 Å². The van der Waals surface area contributed by atoms with Crippen molar-refractivity contribution in [2.24, 2.45) is 5.73 Å². The summed E-state index contributed by atoms with van der Waals surface area (Å²) >= 11 is 0. The number of methoxy groups -OCH3 is 1. The summed E-state index contributed by atoms with van der Waals surface area (Å²) in [6.45, 7) is -0.129. The number of nitrogens with zero attached hydrogens (tertiary/aromatic N) is 1. The molecule has 0 spiro atoms. The standard InChI is InChI=1S/C12H11F3N2O3/c1-19-10(18)4-7-2-3-8(5-16)9(6-17)11(7)20-12(13,14)15/h2-3H,4-5,16H2,1H3. The minimum Gasteiger partial charge on any atom is -0.469 e. The van der Waals surface area contributed by atoms with Crippen LogP contribution in [0.2, 0.25) is 0 Å². The molecular formula is C12H11F3N2O3. The van der Waals surface area contributed by atoms with E-state index in [1.807, 2.05) is 0 Å². The number of hydrogen-bond acceptors (Lipinski definition) is 5. The van der Waals surface area contributed by atoms with Gasteiger partial charge in [-0.1, -0.05) is 12.1 Å². The van der Waals surface area contributed by atoms with E-state index in [0.29, 0.717) is 0 Å². The van der Waals surface area contributed by atoms with Gasteiger partial charge in [0.25, 0.3) is 0 Å². The van der Waals surface area contributed by atoms with Crippen LogP contribution in [-0.2, 0) is 22.5 Å². The Morgan fingerprint density at radius 1 is 1.40 bits per heavy atom. The molecule has 0 saturated heterocycles. The Morgan fingerprint density at radius 3 is 2.45 bits per heavy atom. The highest BCUT2D eigenvalue weighted by Gasteiger charge is 2.34. The molecule has 0 aliphatic heterocycles. The second-order valence-corrected chi connectivity index (χ2v) is 3.70. The molecule has 0 amide bonds. The van der Waals surface area contributed by atoms with Crippen molar-refractivity contribution in [3.8, 4) is 11.8 Å². The highest BCUT2D eigenvalue weighted by atomic mass is 19.4. The summed E-state index contributed by atoms with van der Waals surface area (Å²) in [6, 6.07) is 4.24. The molecule has 0 atom stereocenters. The van der Waals surface area contributed by atoms with Crippen molar-refractivity contribution in [3.63, 3.8) is 0 Å². The van der Waals surface area contributed by atoms with Crippen LogP contribution in [0.25, 0.3) is 0 Å². The molecule has 108 valence electrons. The maximum Gasteiger partial charge on any atom is 0.573 e. The van der Waals surface area contributed by atoms with Gasteiger partial charge >= 0.3 is 12.3 Å². The average Bonchev–Trinajstić information content (AvgIpc) is 2.38. The summed E-state index contributed by atoms with van der Waals surface area (Å²) in [5.41, 5.74) is 5.12. The van der Waals surface area contributed by atoms with Gasteiger partial charge in [-0.05, 0) is 5.56 Å². The van der Waals surface area contributed by atoms with Gasteiger partial charge in [0.05, 0.1) is 19.1 Å². The van der Waals surface area contributed by atoms with Gasteiger partial charge in [-0.25, -0.2) is 0 Å². The number of alkyl halides is 3. The highest BCUT2D eigenvalue weighted by Crippen LogP contribution is 2.32. The summed E-state index contributed by atoms with van der Waals surface area (Å²) in [5.74, 6) is -1.46. The molecule has 0 fully saturated rings. The van der Waals surface area contributed by atoms with Crippen molar-refractivity contribution in [2.75, 3.05) is 7.11 Å². The maximum absolute atomic E-state index is 12.4. The summed E-state index contributed by atoms with van der Waals surface area (Å²) in [5, 5.41) is 8.97. The quantitative estimate of drug-likeness (QED) is 0.851. The summed E-state index contributed by atoms with van der Waals surface area (Å²) in [7, 11) is 1.10. The predicted octanol–water partition coefficient (Wildman–Crippen LogP) is 1.63. The second kappa shape index (κ2) is 6.25. The molecule has 0 heterocycles. The number of rotatable bonds is 4. The van der Waals surface area contributed by atoms with E-state index in [9.17, 15) is 18.0 Å². The number of hydrogen-bond donors (Lipinski definition) is 1. The third-order valence-corrected chi connectivity index (χ3v) is 2.44. The molecule has 0 aliphatic carbocycles. The fraction of sp³-hybridized carbons (Fsp3) is 0.333.